The van der Waals surface area contributed by atoms with Crippen LogP contribution in [0, 0.1) is 0 Å². The number of hydrogen-bond donors (Lipinski definition) is 2. The third-order valence-electron chi connectivity index (χ3n) is 2.87. The molecule has 1 aromatic carbocycles. The number of benzene rings is 1. The number of hydrogen-bond acceptors (Lipinski definition) is 4. The minimum Gasteiger partial charge on any atom is -0.497 e. The van der Waals surface area contributed by atoms with Gasteiger partial charge in [0.2, 0.25) is 5.91 Å². The van der Waals surface area contributed by atoms with E-state index in [1.807, 2.05) is 18.2 Å². The van der Waals surface area contributed by atoms with Gasteiger partial charge in [0.25, 0.3) is 0 Å². The van der Waals surface area contributed by atoms with Crippen molar-refractivity contribution < 1.29 is 14.3 Å². The molecule has 0 saturated carbocycles. The molecule has 0 aliphatic carbocycles. The number of ether oxygens (including phenoxy) is 2. The van der Waals surface area contributed by atoms with Crippen LogP contribution in [-0.2, 0) is 4.79 Å². The minimum atomic E-state index is -0.0880. The highest BCUT2D eigenvalue weighted by atomic mass is 16.5. The Morgan fingerprint density at radius 2 is 2.11 bits per heavy atom. The monoisotopic (exact) mass is 252 g/mol. The predicted octanol–water partition coefficient (Wildman–Crippen LogP) is 0.882. The first-order valence-corrected chi connectivity index (χ1v) is 5.78. The Morgan fingerprint density at radius 1 is 1.39 bits per heavy atom. The zero-order valence-electron chi connectivity index (χ0n) is 11.0. The standard InChI is InChI=1S/C13H20N2O3/c1-15-13(16)6-9(8-14)11-7-10(17-2)4-5-12(11)18-3/h4-5,7,9H,6,8,14H2,1-3H3,(H,15,16). The van der Waals surface area contributed by atoms with Gasteiger partial charge in [0.1, 0.15) is 11.5 Å². The fourth-order valence-electron chi connectivity index (χ4n) is 1.80. The molecule has 0 aromatic heterocycles. The summed E-state index contributed by atoms with van der Waals surface area (Å²) in [5, 5.41) is 2.60. The number of nitrogens with one attached hydrogen (secondary N) is 1. The van der Waals surface area contributed by atoms with Gasteiger partial charge in [-0.15, -0.1) is 0 Å². The van der Waals surface area contributed by atoms with Crippen LogP contribution in [0.2, 0.25) is 0 Å². The molecule has 3 N–H and O–H groups in total. The van der Waals surface area contributed by atoms with Crippen molar-refractivity contribution in [3.05, 3.63) is 23.8 Å². The van der Waals surface area contributed by atoms with Gasteiger partial charge in [-0.1, -0.05) is 0 Å². The van der Waals surface area contributed by atoms with Crippen molar-refractivity contribution in [3.63, 3.8) is 0 Å². The number of carbonyl (C=O) groups is 1. The Labute approximate surface area is 107 Å². The summed E-state index contributed by atoms with van der Waals surface area (Å²) in [6, 6.07) is 5.50. The van der Waals surface area contributed by atoms with Crippen molar-refractivity contribution in [1.29, 1.82) is 0 Å². The second-order valence-electron chi connectivity index (χ2n) is 3.92. The second-order valence-corrected chi connectivity index (χ2v) is 3.92. The second kappa shape index (κ2) is 6.86. The van der Waals surface area contributed by atoms with E-state index in [9.17, 15) is 4.79 Å². The van der Waals surface area contributed by atoms with Crippen LogP contribution in [0.3, 0.4) is 0 Å². The highest BCUT2D eigenvalue weighted by Gasteiger charge is 2.18. The van der Waals surface area contributed by atoms with E-state index in [1.165, 1.54) is 0 Å². The lowest BCUT2D eigenvalue weighted by molar-refractivity contribution is -0.120. The van der Waals surface area contributed by atoms with Gasteiger partial charge in [0.15, 0.2) is 0 Å². The van der Waals surface area contributed by atoms with Gasteiger partial charge in [0.05, 0.1) is 14.2 Å². The summed E-state index contributed by atoms with van der Waals surface area (Å²) in [6.45, 7) is 0.372. The van der Waals surface area contributed by atoms with Crippen molar-refractivity contribution in [2.75, 3.05) is 27.8 Å². The molecule has 1 unspecified atom stereocenters. The van der Waals surface area contributed by atoms with Gasteiger partial charge in [0, 0.05) is 24.9 Å². The summed E-state index contributed by atoms with van der Waals surface area (Å²) in [4.78, 5) is 11.5. The van der Waals surface area contributed by atoms with E-state index in [0.29, 0.717) is 13.0 Å². The van der Waals surface area contributed by atoms with Gasteiger partial charge in [-0.05, 0) is 24.7 Å². The molecule has 1 amide bonds. The Bertz CT molecular complexity index is 407. The number of amides is 1. The molecule has 0 radical (unpaired) electrons. The highest BCUT2D eigenvalue weighted by Crippen LogP contribution is 2.31. The van der Waals surface area contributed by atoms with E-state index >= 15 is 0 Å². The van der Waals surface area contributed by atoms with Crippen LogP contribution in [0.4, 0.5) is 0 Å². The molecule has 18 heavy (non-hydrogen) atoms. The number of carbonyl (C=O) groups excluding carboxylic acids is 1. The van der Waals surface area contributed by atoms with Crippen LogP contribution in [0.15, 0.2) is 18.2 Å². The van der Waals surface area contributed by atoms with Crippen LogP contribution in [-0.4, -0.2) is 33.7 Å². The Morgan fingerprint density at radius 3 is 2.61 bits per heavy atom. The van der Waals surface area contributed by atoms with Crippen LogP contribution in [0.5, 0.6) is 11.5 Å². The zero-order valence-corrected chi connectivity index (χ0v) is 11.0. The molecule has 0 spiro atoms. The van der Waals surface area contributed by atoms with Crippen molar-refractivity contribution in [2.24, 2.45) is 5.73 Å². The Kier molecular flexibility index (Phi) is 5.45. The van der Waals surface area contributed by atoms with Gasteiger partial charge >= 0.3 is 0 Å². The summed E-state index contributed by atoms with van der Waals surface area (Å²) < 4.78 is 10.5. The van der Waals surface area contributed by atoms with E-state index in [2.05, 4.69) is 5.32 Å². The molecule has 0 bridgehead atoms. The molecule has 1 aromatic rings. The van der Waals surface area contributed by atoms with Crippen molar-refractivity contribution in [2.45, 2.75) is 12.3 Å². The van der Waals surface area contributed by atoms with Gasteiger partial charge in [-0.3, -0.25) is 4.79 Å². The first-order chi connectivity index (χ1) is 8.65. The zero-order chi connectivity index (χ0) is 13.5. The van der Waals surface area contributed by atoms with Crippen molar-refractivity contribution in [3.8, 4) is 11.5 Å². The summed E-state index contributed by atoms with van der Waals surface area (Å²) >= 11 is 0. The average Bonchev–Trinajstić information content (AvgIpc) is 2.43. The molecule has 100 valence electrons. The molecule has 5 nitrogen and oxygen atoms in total. The topological polar surface area (TPSA) is 73.6 Å². The molecule has 5 heteroatoms. The summed E-state index contributed by atoms with van der Waals surface area (Å²) in [7, 11) is 4.80. The quantitative estimate of drug-likeness (QED) is 0.788. The molecule has 0 aliphatic heterocycles. The normalized spacial score (nSPS) is 11.8. The molecule has 0 fully saturated rings. The Hall–Kier alpha value is -1.75. The maximum absolute atomic E-state index is 11.5. The van der Waals surface area contributed by atoms with Gasteiger partial charge < -0.3 is 20.5 Å². The van der Waals surface area contributed by atoms with E-state index < -0.39 is 0 Å². The van der Waals surface area contributed by atoms with Crippen LogP contribution in [0.25, 0.3) is 0 Å². The Balaban J connectivity index is 3.05. The molecule has 0 heterocycles. The fourth-order valence-corrected chi connectivity index (χ4v) is 1.80. The largest absolute Gasteiger partial charge is 0.497 e. The van der Waals surface area contributed by atoms with Gasteiger partial charge in [-0.2, -0.15) is 0 Å². The van der Waals surface area contributed by atoms with E-state index in [4.69, 9.17) is 15.2 Å². The van der Waals surface area contributed by atoms with E-state index in [1.54, 1.807) is 21.3 Å². The summed E-state index contributed by atoms with van der Waals surface area (Å²) in [6.07, 6.45) is 0.330. The average molecular weight is 252 g/mol. The number of rotatable bonds is 6. The number of methoxy groups -OCH3 is 2. The highest BCUT2D eigenvalue weighted by molar-refractivity contribution is 5.76. The maximum Gasteiger partial charge on any atom is 0.220 e. The molecule has 1 rings (SSSR count). The lowest BCUT2D eigenvalue weighted by atomic mass is 9.94. The maximum atomic E-state index is 11.5. The van der Waals surface area contributed by atoms with E-state index in [0.717, 1.165) is 17.1 Å². The molecule has 0 aliphatic rings. The number of nitrogens with two attached hydrogens (primary N) is 1. The van der Waals surface area contributed by atoms with Gasteiger partial charge in [-0.25, -0.2) is 0 Å². The SMILES string of the molecule is CNC(=O)CC(CN)c1cc(OC)ccc1OC. The molecular weight excluding hydrogens is 232 g/mol. The van der Waals surface area contributed by atoms with Crippen LogP contribution in [0.1, 0.15) is 17.9 Å². The smallest absolute Gasteiger partial charge is 0.220 e. The fraction of sp³-hybridized carbons (Fsp3) is 0.462. The van der Waals surface area contributed by atoms with E-state index in [-0.39, 0.29) is 11.8 Å². The minimum absolute atomic E-state index is 0.0460. The summed E-state index contributed by atoms with van der Waals surface area (Å²) in [5.74, 6) is 1.31. The third kappa shape index (κ3) is 3.37. The van der Waals surface area contributed by atoms with Crippen LogP contribution >= 0.6 is 0 Å². The van der Waals surface area contributed by atoms with Crippen molar-refractivity contribution >= 4 is 5.91 Å². The first kappa shape index (κ1) is 14.3. The molecule has 1 atom stereocenters. The lowest BCUT2D eigenvalue weighted by Gasteiger charge is -2.18. The molecule has 0 saturated heterocycles. The molecular formula is C13H20N2O3. The van der Waals surface area contributed by atoms with Crippen molar-refractivity contribution in [1.82, 2.24) is 5.32 Å². The predicted molar refractivity (Wildman–Crippen MR) is 70.0 cm³/mol. The van der Waals surface area contributed by atoms with Crippen LogP contribution < -0.4 is 20.5 Å². The lowest BCUT2D eigenvalue weighted by Crippen LogP contribution is -2.24. The first-order valence-electron chi connectivity index (χ1n) is 5.78. The third-order valence-corrected chi connectivity index (χ3v) is 2.87. The summed E-state index contributed by atoms with van der Waals surface area (Å²) in [5.41, 5.74) is 6.64.